The highest BCUT2D eigenvalue weighted by atomic mass is 35.5. The number of anilines is 4. The summed E-state index contributed by atoms with van der Waals surface area (Å²) in [5.41, 5.74) is 2.42. The molecule has 38 heavy (non-hydrogen) atoms. The standard InChI is InChI=1S/C26H27ClN10O/c1-16(38)36-10-7-26(15-36)5-8-35(9-6-26)20-12-17(13-28)11-19(22(20)27)32-25-33-23(31-18-3-4-18)24-30-14-21(29-2)37(24)34-25/h11-12,14,18H,3-10,15H2,1H3,(H2,31,32,33,34). The van der Waals surface area contributed by atoms with Crippen molar-refractivity contribution in [3.05, 3.63) is 40.3 Å². The van der Waals surface area contributed by atoms with E-state index in [2.05, 4.69) is 41.5 Å². The number of halogens is 1. The molecule has 0 radical (unpaired) electrons. The summed E-state index contributed by atoms with van der Waals surface area (Å²) in [7, 11) is 0. The molecule has 1 amide bonds. The molecule has 2 aromatic heterocycles. The molecule has 0 bridgehead atoms. The van der Waals surface area contributed by atoms with Gasteiger partial charge in [0.15, 0.2) is 5.82 Å². The van der Waals surface area contributed by atoms with E-state index in [9.17, 15) is 10.1 Å². The Kier molecular flexibility index (Phi) is 5.96. The number of nitrogens with zero attached hydrogens (tertiary/aromatic N) is 8. The molecule has 6 rings (SSSR count). The zero-order valence-corrected chi connectivity index (χ0v) is 21.8. The van der Waals surface area contributed by atoms with Gasteiger partial charge >= 0.3 is 0 Å². The second kappa shape index (κ2) is 9.34. The maximum absolute atomic E-state index is 11.9. The van der Waals surface area contributed by atoms with E-state index in [0.717, 1.165) is 64.0 Å². The Labute approximate surface area is 225 Å². The Hall–Kier alpha value is -4.09. The normalized spacial score (nSPS) is 18.4. The summed E-state index contributed by atoms with van der Waals surface area (Å²) in [6.45, 7) is 12.3. The van der Waals surface area contributed by atoms with Crippen molar-refractivity contribution in [3.63, 3.8) is 0 Å². The van der Waals surface area contributed by atoms with E-state index in [4.69, 9.17) is 18.2 Å². The van der Waals surface area contributed by atoms with Gasteiger partial charge in [0.25, 0.3) is 17.4 Å². The van der Waals surface area contributed by atoms with Crippen molar-refractivity contribution in [2.45, 2.75) is 45.1 Å². The van der Waals surface area contributed by atoms with Crippen molar-refractivity contribution in [1.82, 2.24) is 24.5 Å². The second-order valence-electron chi connectivity index (χ2n) is 10.4. The van der Waals surface area contributed by atoms with Crippen molar-refractivity contribution in [2.24, 2.45) is 5.41 Å². The molecule has 2 N–H and O–H groups in total. The van der Waals surface area contributed by atoms with Gasteiger partial charge in [0, 0.05) is 39.1 Å². The average Bonchev–Trinajstić information content (AvgIpc) is 3.48. The van der Waals surface area contributed by atoms with Gasteiger partial charge in [0.05, 0.1) is 34.2 Å². The topological polar surface area (TPSA) is 119 Å². The van der Waals surface area contributed by atoms with Crippen molar-refractivity contribution in [2.75, 3.05) is 41.7 Å². The summed E-state index contributed by atoms with van der Waals surface area (Å²) in [6.07, 6.45) is 6.53. The first-order valence-electron chi connectivity index (χ1n) is 12.8. The van der Waals surface area contributed by atoms with Crippen LogP contribution in [0.4, 0.5) is 29.0 Å². The van der Waals surface area contributed by atoms with E-state index in [0.29, 0.717) is 33.8 Å². The zero-order chi connectivity index (χ0) is 26.4. The van der Waals surface area contributed by atoms with Crippen LogP contribution in [0.5, 0.6) is 0 Å². The van der Waals surface area contributed by atoms with Gasteiger partial charge in [-0.1, -0.05) is 23.3 Å². The average molecular weight is 531 g/mol. The Morgan fingerprint density at radius 2 is 2.03 bits per heavy atom. The summed E-state index contributed by atoms with van der Waals surface area (Å²) in [5, 5.41) is 21.3. The quantitative estimate of drug-likeness (QED) is 0.467. The van der Waals surface area contributed by atoms with Crippen LogP contribution in [0.25, 0.3) is 10.5 Å². The number of fused-ring (bicyclic) bond motifs is 1. The van der Waals surface area contributed by atoms with Crippen molar-refractivity contribution in [1.29, 1.82) is 5.26 Å². The number of nitriles is 1. The third-order valence-corrected chi connectivity index (χ3v) is 8.25. The molecule has 1 aliphatic carbocycles. The molecule has 0 atom stereocenters. The number of hydrogen-bond donors (Lipinski definition) is 2. The molecule has 12 heteroatoms. The minimum absolute atomic E-state index is 0.139. The van der Waals surface area contributed by atoms with E-state index >= 15 is 0 Å². The highest BCUT2D eigenvalue weighted by Gasteiger charge is 2.41. The first kappa shape index (κ1) is 24.3. The number of rotatable bonds is 5. The van der Waals surface area contributed by atoms with Crippen LogP contribution in [-0.4, -0.2) is 62.6 Å². The molecule has 1 spiro atoms. The molecule has 0 unspecified atom stereocenters. The summed E-state index contributed by atoms with van der Waals surface area (Å²) in [6, 6.07) is 6.07. The van der Waals surface area contributed by atoms with E-state index in [-0.39, 0.29) is 23.1 Å². The zero-order valence-electron chi connectivity index (χ0n) is 21.0. The van der Waals surface area contributed by atoms with Gasteiger partial charge in [0.2, 0.25) is 5.91 Å². The third kappa shape index (κ3) is 4.44. The summed E-state index contributed by atoms with van der Waals surface area (Å²) in [5.74, 6) is 1.21. The van der Waals surface area contributed by atoms with Crippen molar-refractivity contribution in [3.8, 4) is 6.07 Å². The number of carbonyl (C=O) groups excluding carboxylic acids is 1. The van der Waals surface area contributed by atoms with Gasteiger partial charge in [-0.2, -0.15) is 10.2 Å². The number of carbonyl (C=O) groups is 1. The number of imidazole rings is 1. The number of benzene rings is 1. The van der Waals surface area contributed by atoms with Crippen LogP contribution >= 0.6 is 11.6 Å². The van der Waals surface area contributed by atoms with Gasteiger partial charge in [-0.15, -0.1) is 4.52 Å². The van der Waals surface area contributed by atoms with Crippen LogP contribution < -0.4 is 15.5 Å². The van der Waals surface area contributed by atoms with Crippen molar-refractivity contribution < 1.29 is 4.79 Å². The molecule has 3 aliphatic rings. The molecular weight excluding hydrogens is 504 g/mol. The van der Waals surface area contributed by atoms with Crippen LogP contribution in [-0.2, 0) is 4.79 Å². The molecule has 11 nitrogen and oxygen atoms in total. The number of aromatic nitrogens is 4. The van der Waals surface area contributed by atoms with E-state index in [1.807, 2.05) is 11.0 Å². The molecule has 2 aliphatic heterocycles. The molecule has 4 heterocycles. The monoisotopic (exact) mass is 530 g/mol. The lowest BCUT2D eigenvalue weighted by Gasteiger charge is -2.40. The minimum Gasteiger partial charge on any atom is -0.370 e. The summed E-state index contributed by atoms with van der Waals surface area (Å²) < 4.78 is 1.46. The van der Waals surface area contributed by atoms with Gasteiger partial charge in [0.1, 0.15) is 0 Å². The number of hydrogen-bond acceptors (Lipinski definition) is 8. The predicted octanol–water partition coefficient (Wildman–Crippen LogP) is 4.36. The number of amides is 1. The van der Waals surface area contributed by atoms with Crippen LogP contribution in [0.15, 0.2) is 18.3 Å². The highest BCUT2D eigenvalue weighted by Crippen LogP contribution is 2.44. The minimum atomic E-state index is 0.139. The molecule has 3 aromatic rings. The largest absolute Gasteiger partial charge is 0.370 e. The van der Waals surface area contributed by atoms with Crippen LogP contribution in [0.1, 0.15) is 44.6 Å². The first-order chi connectivity index (χ1) is 18.4. The summed E-state index contributed by atoms with van der Waals surface area (Å²) >= 11 is 6.92. The number of likely N-dealkylation sites (tertiary alicyclic amines) is 1. The molecular formula is C26H27ClN10O. The fourth-order valence-corrected chi connectivity index (χ4v) is 5.74. The lowest BCUT2D eigenvalue weighted by molar-refractivity contribution is -0.128. The maximum atomic E-state index is 11.9. The lowest BCUT2D eigenvalue weighted by Crippen LogP contribution is -2.42. The predicted molar refractivity (Wildman–Crippen MR) is 144 cm³/mol. The van der Waals surface area contributed by atoms with Gasteiger partial charge < -0.3 is 25.3 Å². The first-order valence-corrected chi connectivity index (χ1v) is 13.2. The maximum Gasteiger partial charge on any atom is 0.275 e. The van der Waals surface area contributed by atoms with E-state index < -0.39 is 0 Å². The van der Waals surface area contributed by atoms with Gasteiger partial charge in [-0.05, 0) is 49.7 Å². The second-order valence-corrected chi connectivity index (χ2v) is 10.8. The highest BCUT2D eigenvalue weighted by molar-refractivity contribution is 6.36. The van der Waals surface area contributed by atoms with Crippen molar-refractivity contribution >= 4 is 52.1 Å². The number of nitrogens with one attached hydrogen (secondary N) is 2. The smallest absolute Gasteiger partial charge is 0.275 e. The number of piperidine rings is 1. The Bertz CT molecular complexity index is 1510. The van der Waals surface area contributed by atoms with Crippen LogP contribution in [0.2, 0.25) is 5.02 Å². The van der Waals surface area contributed by atoms with E-state index in [1.165, 1.54) is 10.7 Å². The Balaban J connectivity index is 1.28. The molecule has 1 aromatic carbocycles. The molecule has 2 saturated heterocycles. The van der Waals surface area contributed by atoms with Gasteiger partial charge in [-0.25, -0.2) is 4.98 Å². The van der Waals surface area contributed by atoms with Gasteiger partial charge in [-0.3, -0.25) is 4.79 Å². The SMILES string of the molecule is [C-]#[N+]c1cnc2c(NC3CC3)nc(Nc3cc(C#N)cc(N4CCC5(CCN(C(C)=O)C5)CC4)c3Cl)nn12. The third-order valence-electron chi connectivity index (χ3n) is 7.85. The fraction of sp³-hybridized carbons (Fsp3) is 0.462. The lowest BCUT2D eigenvalue weighted by atomic mass is 9.77. The van der Waals surface area contributed by atoms with E-state index in [1.54, 1.807) is 13.0 Å². The Morgan fingerprint density at radius 1 is 1.26 bits per heavy atom. The molecule has 194 valence electrons. The van der Waals surface area contributed by atoms with Crippen LogP contribution in [0, 0.1) is 23.3 Å². The summed E-state index contributed by atoms with van der Waals surface area (Å²) in [4.78, 5) is 28.5. The fourth-order valence-electron chi connectivity index (χ4n) is 5.47. The molecule has 3 fully saturated rings. The van der Waals surface area contributed by atoms with Crippen LogP contribution in [0.3, 0.4) is 0 Å². The Morgan fingerprint density at radius 3 is 2.68 bits per heavy atom. The molecule has 1 saturated carbocycles.